The first kappa shape index (κ1) is 16.8. The van der Waals surface area contributed by atoms with Gasteiger partial charge in [-0.3, -0.25) is 4.79 Å². The zero-order valence-corrected chi connectivity index (χ0v) is 15.6. The molecule has 0 saturated heterocycles. The molecule has 1 saturated carbocycles. The number of hydrogen-bond donors (Lipinski definition) is 0. The summed E-state index contributed by atoms with van der Waals surface area (Å²) in [5, 5.41) is 0. The van der Waals surface area contributed by atoms with Crippen molar-refractivity contribution >= 4 is 16.9 Å². The van der Waals surface area contributed by atoms with E-state index in [1.165, 1.54) is 6.42 Å². The van der Waals surface area contributed by atoms with Crippen LogP contribution in [-0.4, -0.2) is 27.8 Å². The van der Waals surface area contributed by atoms with Crippen LogP contribution < -0.4 is 0 Å². The quantitative estimate of drug-likeness (QED) is 0.707. The van der Waals surface area contributed by atoms with Gasteiger partial charge in [0.25, 0.3) is 5.91 Å². The standard InChI is InChI=1S/C21H23N3O2/c1-12-9-17(12)20-8-6-16(26-20)11-24(4)21(25)15-5-7-18-19(10-15)23-14(3)13(2)22-18/h5-8,10,12,17H,9,11H2,1-4H3/t12-,17-/m0/s1. The number of aryl methyl sites for hydroxylation is 2. The van der Waals surface area contributed by atoms with Gasteiger partial charge in [-0.25, -0.2) is 9.97 Å². The fourth-order valence-electron chi connectivity index (χ4n) is 3.29. The maximum absolute atomic E-state index is 12.8. The molecule has 2 atom stereocenters. The number of fused-ring (bicyclic) bond motifs is 1. The van der Waals surface area contributed by atoms with Crippen molar-refractivity contribution in [2.45, 2.75) is 39.7 Å². The summed E-state index contributed by atoms with van der Waals surface area (Å²) >= 11 is 0. The minimum Gasteiger partial charge on any atom is -0.464 e. The largest absolute Gasteiger partial charge is 0.464 e. The highest BCUT2D eigenvalue weighted by molar-refractivity contribution is 5.97. The van der Waals surface area contributed by atoms with E-state index in [-0.39, 0.29) is 5.91 Å². The van der Waals surface area contributed by atoms with Gasteiger partial charge in [0, 0.05) is 18.5 Å². The van der Waals surface area contributed by atoms with Gasteiger partial charge in [-0.2, -0.15) is 0 Å². The van der Waals surface area contributed by atoms with Gasteiger partial charge >= 0.3 is 0 Å². The smallest absolute Gasteiger partial charge is 0.254 e. The Morgan fingerprint density at radius 1 is 1.15 bits per heavy atom. The van der Waals surface area contributed by atoms with Crippen LogP contribution in [-0.2, 0) is 6.54 Å². The van der Waals surface area contributed by atoms with Gasteiger partial charge in [0.2, 0.25) is 0 Å². The van der Waals surface area contributed by atoms with E-state index in [2.05, 4.69) is 16.9 Å². The number of carbonyl (C=O) groups excluding carboxylic acids is 1. The van der Waals surface area contributed by atoms with Crippen molar-refractivity contribution in [3.8, 4) is 0 Å². The molecular weight excluding hydrogens is 326 g/mol. The van der Waals surface area contributed by atoms with E-state index in [1.54, 1.807) is 11.9 Å². The van der Waals surface area contributed by atoms with Gasteiger partial charge in [0.15, 0.2) is 0 Å². The predicted molar refractivity (Wildman–Crippen MR) is 100 cm³/mol. The molecule has 0 N–H and O–H groups in total. The predicted octanol–water partition coefficient (Wildman–Crippen LogP) is 4.24. The summed E-state index contributed by atoms with van der Waals surface area (Å²) < 4.78 is 5.92. The highest BCUT2D eigenvalue weighted by Crippen LogP contribution is 2.47. The molecule has 0 radical (unpaired) electrons. The lowest BCUT2D eigenvalue weighted by Gasteiger charge is -2.16. The van der Waals surface area contributed by atoms with Crippen LogP contribution in [0.5, 0.6) is 0 Å². The van der Waals surface area contributed by atoms with Crippen LogP contribution in [0.15, 0.2) is 34.7 Å². The first-order valence-corrected chi connectivity index (χ1v) is 9.01. The molecule has 1 aliphatic rings. The third-order valence-corrected chi connectivity index (χ3v) is 5.22. The van der Waals surface area contributed by atoms with Crippen LogP contribution in [0, 0.1) is 19.8 Å². The Morgan fingerprint density at radius 2 is 1.85 bits per heavy atom. The van der Waals surface area contributed by atoms with E-state index in [4.69, 9.17) is 4.42 Å². The Morgan fingerprint density at radius 3 is 2.54 bits per heavy atom. The van der Waals surface area contributed by atoms with Crippen LogP contribution in [0.4, 0.5) is 0 Å². The fraction of sp³-hybridized carbons (Fsp3) is 0.381. The number of nitrogens with zero attached hydrogens (tertiary/aromatic N) is 3. The Bertz CT molecular complexity index is 992. The van der Waals surface area contributed by atoms with Gasteiger partial charge in [-0.15, -0.1) is 0 Å². The van der Waals surface area contributed by atoms with Crippen molar-refractivity contribution in [2.75, 3.05) is 7.05 Å². The zero-order chi connectivity index (χ0) is 18.4. The first-order valence-electron chi connectivity index (χ1n) is 9.01. The van der Waals surface area contributed by atoms with E-state index in [0.29, 0.717) is 23.9 Å². The maximum atomic E-state index is 12.8. The second-order valence-electron chi connectivity index (χ2n) is 7.38. The molecule has 1 amide bonds. The van der Waals surface area contributed by atoms with Gasteiger partial charge in [-0.1, -0.05) is 6.92 Å². The number of furan rings is 1. The van der Waals surface area contributed by atoms with Gasteiger partial charge in [0.05, 0.1) is 29.0 Å². The van der Waals surface area contributed by atoms with E-state index >= 15 is 0 Å². The van der Waals surface area contributed by atoms with Crippen LogP contribution in [0.1, 0.15) is 52.5 Å². The number of amides is 1. The molecule has 3 aromatic rings. The molecule has 2 heterocycles. The lowest BCUT2D eigenvalue weighted by Crippen LogP contribution is -2.26. The highest BCUT2D eigenvalue weighted by atomic mass is 16.3. The SMILES string of the molecule is Cc1nc2ccc(C(=O)N(C)Cc3ccc([C@H]4C[C@@H]4C)o3)cc2nc1C. The van der Waals surface area contributed by atoms with Crippen molar-refractivity contribution in [1.82, 2.24) is 14.9 Å². The molecule has 1 aliphatic carbocycles. The molecule has 1 aromatic carbocycles. The van der Waals surface area contributed by atoms with Crippen molar-refractivity contribution in [2.24, 2.45) is 5.92 Å². The molecule has 2 aromatic heterocycles. The van der Waals surface area contributed by atoms with E-state index in [1.807, 2.05) is 44.2 Å². The van der Waals surface area contributed by atoms with E-state index in [9.17, 15) is 4.79 Å². The average molecular weight is 349 g/mol. The highest BCUT2D eigenvalue weighted by Gasteiger charge is 2.36. The van der Waals surface area contributed by atoms with Crippen LogP contribution in [0.2, 0.25) is 0 Å². The zero-order valence-electron chi connectivity index (χ0n) is 15.6. The molecule has 5 nitrogen and oxygen atoms in total. The lowest BCUT2D eigenvalue weighted by atomic mass is 10.1. The Balaban J connectivity index is 1.51. The topological polar surface area (TPSA) is 59.2 Å². The van der Waals surface area contributed by atoms with Gasteiger partial charge in [-0.05, 0) is 56.5 Å². The molecule has 4 rings (SSSR count). The minimum atomic E-state index is -0.0512. The van der Waals surface area contributed by atoms with E-state index < -0.39 is 0 Å². The summed E-state index contributed by atoms with van der Waals surface area (Å²) in [5.41, 5.74) is 3.96. The summed E-state index contributed by atoms with van der Waals surface area (Å²) in [7, 11) is 1.79. The van der Waals surface area contributed by atoms with Crippen LogP contribution >= 0.6 is 0 Å². The average Bonchev–Trinajstić information content (AvgIpc) is 3.16. The molecule has 0 unspecified atom stereocenters. The summed E-state index contributed by atoms with van der Waals surface area (Å²) in [5.74, 6) is 3.07. The number of carbonyl (C=O) groups is 1. The monoisotopic (exact) mass is 349 g/mol. The molecular formula is C21H23N3O2. The van der Waals surface area contributed by atoms with Gasteiger partial charge in [0.1, 0.15) is 11.5 Å². The summed E-state index contributed by atoms with van der Waals surface area (Å²) in [6, 6.07) is 9.49. The first-order chi connectivity index (χ1) is 12.4. The molecule has 0 spiro atoms. The fourth-order valence-corrected chi connectivity index (χ4v) is 3.29. The third kappa shape index (κ3) is 3.09. The normalized spacial score (nSPS) is 18.9. The lowest BCUT2D eigenvalue weighted by molar-refractivity contribution is 0.0775. The number of hydrogen-bond acceptors (Lipinski definition) is 4. The van der Waals surface area contributed by atoms with Crippen molar-refractivity contribution in [1.29, 1.82) is 0 Å². The Hall–Kier alpha value is -2.69. The molecule has 26 heavy (non-hydrogen) atoms. The molecule has 1 fully saturated rings. The third-order valence-electron chi connectivity index (χ3n) is 5.22. The van der Waals surface area contributed by atoms with Crippen LogP contribution in [0.3, 0.4) is 0 Å². The van der Waals surface area contributed by atoms with Crippen molar-refractivity contribution in [3.63, 3.8) is 0 Å². The molecule has 0 bridgehead atoms. The Labute approximate surface area is 153 Å². The summed E-state index contributed by atoms with van der Waals surface area (Å²) in [6.45, 7) is 6.55. The maximum Gasteiger partial charge on any atom is 0.254 e. The number of benzene rings is 1. The second-order valence-corrected chi connectivity index (χ2v) is 7.38. The van der Waals surface area contributed by atoms with E-state index in [0.717, 1.165) is 33.9 Å². The molecule has 5 heteroatoms. The van der Waals surface area contributed by atoms with Gasteiger partial charge < -0.3 is 9.32 Å². The summed E-state index contributed by atoms with van der Waals surface area (Å²) in [6.07, 6.45) is 1.19. The molecule has 0 aliphatic heterocycles. The summed E-state index contributed by atoms with van der Waals surface area (Å²) in [4.78, 5) is 23.5. The Kier molecular flexibility index (Phi) is 4.02. The van der Waals surface area contributed by atoms with Crippen LogP contribution in [0.25, 0.3) is 11.0 Å². The van der Waals surface area contributed by atoms with Crippen molar-refractivity contribution in [3.05, 3.63) is 58.8 Å². The molecule has 134 valence electrons. The minimum absolute atomic E-state index is 0.0512. The number of aromatic nitrogens is 2. The number of rotatable bonds is 4. The van der Waals surface area contributed by atoms with Crippen molar-refractivity contribution < 1.29 is 9.21 Å². The second kappa shape index (κ2) is 6.24.